The van der Waals surface area contributed by atoms with Crippen molar-refractivity contribution < 1.29 is 14.3 Å². The number of nitrogens with zero attached hydrogens (tertiary/aromatic N) is 5. The van der Waals surface area contributed by atoms with Crippen LogP contribution in [0.25, 0.3) is 5.65 Å². The van der Waals surface area contributed by atoms with E-state index >= 15 is 0 Å². The summed E-state index contributed by atoms with van der Waals surface area (Å²) in [5.41, 5.74) is 2.61. The van der Waals surface area contributed by atoms with Gasteiger partial charge in [0.15, 0.2) is 11.4 Å². The number of Topliss-reactive ketones (excluding diaryl/α,β-unsaturated/α-hetero) is 1. The van der Waals surface area contributed by atoms with Crippen molar-refractivity contribution in [3.05, 3.63) is 72.2 Å². The zero-order valence-corrected chi connectivity index (χ0v) is 15.4. The van der Waals surface area contributed by atoms with Crippen LogP contribution in [0.15, 0.2) is 55.4 Å². The molecule has 4 aromatic rings. The second-order valence-corrected chi connectivity index (χ2v) is 6.24. The molecule has 0 bridgehead atoms. The summed E-state index contributed by atoms with van der Waals surface area (Å²) < 4.78 is 12.7. The lowest BCUT2D eigenvalue weighted by Gasteiger charge is -2.09. The molecule has 4 rings (SSSR count). The Balaban J connectivity index is 1.66. The van der Waals surface area contributed by atoms with Crippen molar-refractivity contribution in [1.82, 2.24) is 24.6 Å². The topological polar surface area (TPSA) is 91.5 Å². The molecule has 4 heterocycles. The maximum atomic E-state index is 12.9. The monoisotopic (exact) mass is 375 g/mol. The number of hydrogen-bond donors (Lipinski definition) is 0. The van der Waals surface area contributed by atoms with E-state index in [4.69, 9.17) is 9.47 Å². The molecule has 0 aliphatic rings. The van der Waals surface area contributed by atoms with Crippen molar-refractivity contribution in [3.63, 3.8) is 0 Å². The van der Waals surface area contributed by atoms with Crippen molar-refractivity contribution in [2.45, 2.75) is 13.3 Å². The minimum atomic E-state index is -0.122. The van der Waals surface area contributed by atoms with Crippen molar-refractivity contribution in [2.75, 3.05) is 7.11 Å². The largest absolute Gasteiger partial charge is 0.495 e. The number of ketones is 1. The fraction of sp³-hybridized carbons (Fsp3) is 0.150. The first-order chi connectivity index (χ1) is 13.6. The van der Waals surface area contributed by atoms with Gasteiger partial charge in [-0.25, -0.2) is 0 Å². The van der Waals surface area contributed by atoms with Crippen LogP contribution in [0.3, 0.4) is 0 Å². The van der Waals surface area contributed by atoms with E-state index in [2.05, 4.69) is 20.2 Å². The number of methoxy groups -OCH3 is 1. The van der Waals surface area contributed by atoms with Crippen LogP contribution in [0.5, 0.6) is 17.2 Å². The Bertz CT molecular complexity index is 1140. The highest BCUT2D eigenvalue weighted by atomic mass is 16.5. The van der Waals surface area contributed by atoms with Gasteiger partial charge in [-0.2, -0.15) is 0 Å². The van der Waals surface area contributed by atoms with E-state index < -0.39 is 0 Å². The van der Waals surface area contributed by atoms with Gasteiger partial charge in [-0.15, -0.1) is 10.2 Å². The van der Waals surface area contributed by atoms with Gasteiger partial charge >= 0.3 is 0 Å². The van der Waals surface area contributed by atoms with E-state index in [1.807, 2.05) is 19.1 Å². The maximum absolute atomic E-state index is 12.9. The molecule has 0 fully saturated rings. The summed E-state index contributed by atoms with van der Waals surface area (Å²) in [5.74, 6) is 1.40. The number of aryl methyl sites for hydroxylation is 1. The Kier molecular flexibility index (Phi) is 4.67. The third-order valence-corrected chi connectivity index (χ3v) is 4.14. The molecular weight excluding hydrogens is 358 g/mol. The zero-order chi connectivity index (χ0) is 19.5. The molecule has 0 aromatic carbocycles. The molecule has 0 amide bonds. The highest BCUT2D eigenvalue weighted by Gasteiger charge is 2.16. The minimum absolute atomic E-state index is 0.122. The van der Waals surface area contributed by atoms with Crippen LogP contribution in [0.4, 0.5) is 0 Å². The number of pyridine rings is 3. The third-order valence-electron chi connectivity index (χ3n) is 4.14. The minimum Gasteiger partial charge on any atom is -0.495 e. The Morgan fingerprint density at radius 1 is 1.11 bits per heavy atom. The lowest BCUT2D eigenvalue weighted by Crippen LogP contribution is -2.08. The number of carbonyl (C=O) groups is 1. The number of rotatable bonds is 6. The first kappa shape index (κ1) is 17.6. The third kappa shape index (κ3) is 3.66. The molecular formula is C20H17N5O3. The standard InChI is InChI=1S/C20H17N5O3/c1-13-3-4-14(22-8-13)5-19(26)18-7-17(11-25-12-23-24-20(18)25)28-16-6-15(27-2)9-21-10-16/h3-4,6-12H,5H2,1-2H3. The summed E-state index contributed by atoms with van der Waals surface area (Å²) in [5, 5.41) is 7.95. The Labute approximate surface area is 160 Å². The summed E-state index contributed by atoms with van der Waals surface area (Å²) in [6.07, 6.45) is 8.27. The molecule has 0 aliphatic carbocycles. The quantitative estimate of drug-likeness (QED) is 0.478. The Morgan fingerprint density at radius 2 is 1.96 bits per heavy atom. The van der Waals surface area contributed by atoms with Crippen LogP contribution >= 0.6 is 0 Å². The molecule has 0 radical (unpaired) electrons. The van der Waals surface area contributed by atoms with Gasteiger partial charge in [0.05, 0.1) is 37.7 Å². The van der Waals surface area contributed by atoms with E-state index in [1.54, 1.807) is 48.4 Å². The molecule has 4 aromatic heterocycles. The van der Waals surface area contributed by atoms with Gasteiger partial charge < -0.3 is 9.47 Å². The maximum Gasteiger partial charge on any atom is 0.172 e. The average Bonchev–Trinajstić information content (AvgIpc) is 3.18. The van der Waals surface area contributed by atoms with E-state index in [0.717, 1.165) is 5.56 Å². The molecule has 0 atom stereocenters. The van der Waals surface area contributed by atoms with E-state index in [-0.39, 0.29) is 12.2 Å². The zero-order valence-electron chi connectivity index (χ0n) is 15.4. The predicted molar refractivity (Wildman–Crippen MR) is 101 cm³/mol. The first-order valence-corrected chi connectivity index (χ1v) is 8.57. The smallest absolute Gasteiger partial charge is 0.172 e. The van der Waals surface area contributed by atoms with Crippen molar-refractivity contribution >= 4 is 11.4 Å². The molecule has 140 valence electrons. The van der Waals surface area contributed by atoms with Gasteiger partial charge in [-0.3, -0.25) is 19.2 Å². The molecule has 0 N–H and O–H groups in total. The van der Waals surface area contributed by atoms with Crippen LogP contribution in [0.1, 0.15) is 21.6 Å². The van der Waals surface area contributed by atoms with Crippen LogP contribution < -0.4 is 9.47 Å². The first-order valence-electron chi connectivity index (χ1n) is 8.57. The second-order valence-electron chi connectivity index (χ2n) is 6.24. The van der Waals surface area contributed by atoms with E-state index in [0.29, 0.717) is 34.2 Å². The second kappa shape index (κ2) is 7.43. The van der Waals surface area contributed by atoms with Gasteiger partial charge in [0.1, 0.15) is 23.6 Å². The SMILES string of the molecule is COc1cncc(Oc2cc(C(=O)Cc3ccc(C)cn3)c3nncn3c2)c1. The van der Waals surface area contributed by atoms with Gasteiger partial charge in [0.25, 0.3) is 0 Å². The molecule has 0 saturated carbocycles. The fourth-order valence-electron chi connectivity index (χ4n) is 2.74. The van der Waals surface area contributed by atoms with E-state index in [1.165, 1.54) is 6.33 Å². The van der Waals surface area contributed by atoms with Crippen molar-refractivity contribution in [1.29, 1.82) is 0 Å². The number of hydrogen-bond acceptors (Lipinski definition) is 7. The highest BCUT2D eigenvalue weighted by molar-refractivity contribution is 6.02. The van der Waals surface area contributed by atoms with Crippen molar-refractivity contribution in [2.24, 2.45) is 0 Å². The molecule has 8 heteroatoms. The molecule has 8 nitrogen and oxygen atoms in total. The number of fused-ring (bicyclic) bond motifs is 1. The summed E-state index contributed by atoms with van der Waals surface area (Å²) in [6.45, 7) is 1.95. The number of aromatic nitrogens is 5. The predicted octanol–water partition coefficient (Wildman–Crippen LogP) is 3.05. The van der Waals surface area contributed by atoms with Crippen LogP contribution in [-0.4, -0.2) is 37.5 Å². The highest BCUT2D eigenvalue weighted by Crippen LogP contribution is 2.26. The van der Waals surface area contributed by atoms with Gasteiger partial charge in [-0.05, 0) is 24.6 Å². The van der Waals surface area contributed by atoms with Gasteiger partial charge in [-0.1, -0.05) is 6.07 Å². The number of ether oxygens (including phenoxy) is 2. The molecule has 28 heavy (non-hydrogen) atoms. The Morgan fingerprint density at radius 3 is 2.75 bits per heavy atom. The van der Waals surface area contributed by atoms with Crippen LogP contribution in [-0.2, 0) is 6.42 Å². The molecule has 0 aliphatic heterocycles. The summed E-state index contributed by atoms with van der Waals surface area (Å²) in [4.78, 5) is 21.3. The van der Waals surface area contributed by atoms with Crippen LogP contribution in [0, 0.1) is 6.92 Å². The Hall–Kier alpha value is -3.81. The molecule has 0 spiro atoms. The van der Waals surface area contributed by atoms with Gasteiger partial charge in [0.2, 0.25) is 0 Å². The molecule has 0 unspecified atom stereocenters. The van der Waals surface area contributed by atoms with Crippen molar-refractivity contribution in [3.8, 4) is 17.2 Å². The average molecular weight is 375 g/mol. The lowest BCUT2D eigenvalue weighted by molar-refractivity contribution is 0.0992. The summed E-state index contributed by atoms with van der Waals surface area (Å²) in [7, 11) is 1.56. The summed E-state index contributed by atoms with van der Waals surface area (Å²) >= 11 is 0. The fourth-order valence-corrected chi connectivity index (χ4v) is 2.74. The summed E-state index contributed by atoms with van der Waals surface area (Å²) in [6, 6.07) is 7.13. The normalized spacial score (nSPS) is 10.8. The van der Waals surface area contributed by atoms with Crippen LogP contribution in [0.2, 0.25) is 0 Å². The number of carbonyl (C=O) groups excluding carboxylic acids is 1. The van der Waals surface area contributed by atoms with Gasteiger partial charge in [0, 0.05) is 18.0 Å². The van der Waals surface area contributed by atoms with E-state index in [9.17, 15) is 4.79 Å². The molecule has 0 saturated heterocycles. The lowest BCUT2D eigenvalue weighted by atomic mass is 10.1.